The molecule has 110 valence electrons. The van der Waals surface area contributed by atoms with E-state index in [2.05, 4.69) is 10.6 Å². The number of rotatable bonds is 6. The van der Waals surface area contributed by atoms with Gasteiger partial charge in [-0.15, -0.1) is 0 Å². The number of carbonyl (C=O) groups is 3. The van der Waals surface area contributed by atoms with E-state index in [1.165, 1.54) is 24.3 Å². The fourth-order valence-corrected chi connectivity index (χ4v) is 1.43. The Bertz CT molecular complexity index is 561. The highest BCUT2D eigenvalue weighted by Crippen LogP contribution is 2.10. The first-order valence-corrected chi connectivity index (χ1v) is 6.27. The zero-order valence-electron chi connectivity index (χ0n) is 11.5. The van der Waals surface area contributed by atoms with E-state index in [-0.39, 0.29) is 24.5 Å². The Kier molecular flexibility index (Phi) is 6.41. The molecule has 7 heteroatoms. The Morgan fingerprint density at radius 3 is 2.43 bits per heavy atom. The van der Waals surface area contributed by atoms with Gasteiger partial charge in [-0.3, -0.25) is 9.59 Å². The molecule has 0 unspecified atom stereocenters. The maximum Gasteiger partial charge on any atom is 0.338 e. The Morgan fingerprint density at radius 2 is 1.86 bits per heavy atom. The number of likely N-dealkylation sites (N-methyl/N-ethyl adjacent to an activating group) is 1. The maximum atomic E-state index is 11.7. The van der Waals surface area contributed by atoms with Crippen LogP contribution in [0, 0.1) is 11.3 Å². The minimum atomic E-state index is -0.629. The fourth-order valence-electron chi connectivity index (χ4n) is 1.43. The van der Waals surface area contributed by atoms with Crippen LogP contribution >= 0.6 is 0 Å². The Hall–Kier alpha value is -2.88. The van der Waals surface area contributed by atoms with Gasteiger partial charge < -0.3 is 15.4 Å². The molecule has 0 aliphatic heterocycles. The summed E-state index contributed by atoms with van der Waals surface area (Å²) in [5.41, 5.74) is 0.730. The normalized spacial score (nSPS) is 9.33. The number of hydrogen-bond acceptors (Lipinski definition) is 5. The molecule has 0 aliphatic carbocycles. The van der Waals surface area contributed by atoms with Crippen LogP contribution < -0.4 is 10.6 Å². The van der Waals surface area contributed by atoms with Gasteiger partial charge in [0, 0.05) is 12.2 Å². The van der Waals surface area contributed by atoms with Crippen molar-refractivity contribution in [2.24, 2.45) is 0 Å². The molecule has 2 amide bonds. The van der Waals surface area contributed by atoms with Gasteiger partial charge >= 0.3 is 5.97 Å². The number of esters is 1. The van der Waals surface area contributed by atoms with Crippen molar-refractivity contribution >= 4 is 23.5 Å². The second-order valence-corrected chi connectivity index (χ2v) is 3.99. The van der Waals surface area contributed by atoms with Crippen LogP contribution in [-0.4, -0.2) is 30.9 Å². The SMILES string of the molecule is CCNC(=O)COC(=O)c1ccc(NC(=O)CC#N)cc1. The van der Waals surface area contributed by atoms with E-state index in [9.17, 15) is 14.4 Å². The molecule has 1 rings (SSSR count). The summed E-state index contributed by atoms with van der Waals surface area (Å²) in [5, 5.41) is 13.4. The van der Waals surface area contributed by atoms with E-state index in [0.29, 0.717) is 12.2 Å². The summed E-state index contributed by atoms with van der Waals surface area (Å²) in [6.45, 7) is 1.89. The molecule has 21 heavy (non-hydrogen) atoms. The molecule has 0 heterocycles. The molecular weight excluding hydrogens is 274 g/mol. The molecule has 7 nitrogen and oxygen atoms in total. The molecule has 0 spiro atoms. The van der Waals surface area contributed by atoms with Crippen molar-refractivity contribution < 1.29 is 19.1 Å². The zero-order valence-corrected chi connectivity index (χ0v) is 11.5. The summed E-state index contributed by atoms with van der Waals surface area (Å²) in [7, 11) is 0. The summed E-state index contributed by atoms with van der Waals surface area (Å²) < 4.78 is 4.82. The molecule has 1 aromatic rings. The van der Waals surface area contributed by atoms with Crippen LogP contribution in [0.4, 0.5) is 5.69 Å². The number of amides is 2. The Balaban J connectivity index is 2.53. The number of nitriles is 1. The fraction of sp³-hybridized carbons (Fsp3) is 0.286. The number of nitrogens with one attached hydrogen (secondary N) is 2. The van der Waals surface area contributed by atoms with Crippen molar-refractivity contribution in [1.29, 1.82) is 5.26 Å². The topological polar surface area (TPSA) is 108 Å². The predicted molar refractivity (Wildman–Crippen MR) is 74.3 cm³/mol. The summed E-state index contributed by atoms with van der Waals surface area (Å²) in [5.74, 6) is -1.42. The molecule has 0 bridgehead atoms. The average molecular weight is 289 g/mol. The lowest BCUT2D eigenvalue weighted by Crippen LogP contribution is -2.28. The van der Waals surface area contributed by atoms with Crippen molar-refractivity contribution in [3.05, 3.63) is 29.8 Å². The minimum absolute atomic E-state index is 0.240. The molecule has 0 fully saturated rings. The first kappa shape index (κ1) is 16.2. The van der Waals surface area contributed by atoms with E-state index in [4.69, 9.17) is 10.00 Å². The van der Waals surface area contributed by atoms with E-state index in [1.807, 2.05) is 0 Å². The molecule has 2 N–H and O–H groups in total. The maximum absolute atomic E-state index is 11.7. The summed E-state index contributed by atoms with van der Waals surface area (Å²) in [6.07, 6.45) is -0.240. The summed E-state index contributed by atoms with van der Waals surface area (Å²) >= 11 is 0. The average Bonchev–Trinajstić information content (AvgIpc) is 2.46. The quantitative estimate of drug-likeness (QED) is 0.754. The first-order valence-electron chi connectivity index (χ1n) is 6.27. The highest BCUT2D eigenvalue weighted by Gasteiger charge is 2.10. The molecule has 0 aliphatic rings. The standard InChI is InChI=1S/C14H15N3O4/c1-2-16-13(19)9-21-14(20)10-3-5-11(6-4-10)17-12(18)7-8-15/h3-6H,2,7,9H2,1H3,(H,16,19)(H,17,18). The van der Waals surface area contributed by atoms with E-state index in [1.54, 1.807) is 13.0 Å². The van der Waals surface area contributed by atoms with Gasteiger partial charge in [-0.1, -0.05) is 0 Å². The molecule has 0 atom stereocenters. The second kappa shape index (κ2) is 8.32. The van der Waals surface area contributed by atoms with Crippen molar-refractivity contribution in [1.82, 2.24) is 5.32 Å². The van der Waals surface area contributed by atoms with Crippen molar-refractivity contribution in [3.63, 3.8) is 0 Å². The van der Waals surface area contributed by atoms with Crippen LogP contribution in [0.25, 0.3) is 0 Å². The molecule has 0 saturated heterocycles. The summed E-state index contributed by atoms with van der Waals surface area (Å²) in [6, 6.07) is 7.68. The van der Waals surface area contributed by atoms with Crippen LogP contribution in [0.15, 0.2) is 24.3 Å². The van der Waals surface area contributed by atoms with Crippen molar-refractivity contribution in [2.75, 3.05) is 18.5 Å². The third kappa shape index (κ3) is 5.74. The first-order chi connectivity index (χ1) is 10.1. The van der Waals surface area contributed by atoms with Gasteiger partial charge in [0.2, 0.25) is 5.91 Å². The van der Waals surface area contributed by atoms with Crippen LogP contribution in [0.2, 0.25) is 0 Å². The van der Waals surface area contributed by atoms with Gasteiger partial charge in [-0.25, -0.2) is 4.79 Å². The number of nitrogens with zero attached hydrogens (tertiary/aromatic N) is 1. The van der Waals surface area contributed by atoms with Crippen LogP contribution in [0.5, 0.6) is 0 Å². The smallest absolute Gasteiger partial charge is 0.338 e. The monoisotopic (exact) mass is 289 g/mol. The second-order valence-electron chi connectivity index (χ2n) is 3.99. The highest BCUT2D eigenvalue weighted by molar-refractivity contribution is 5.94. The number of benzene rings is 1. The number of carbonyl (C=O) groups excluding carboxylic acids is 3. The predicted octanol–water partition coefficient (Wildman–Crippen LogP) is 0.832. The number of hydrogen-bond donors (Lipinski definition) is 2. The molecule has 0 aromatic heterocycles. The van der Waals surface area contributed by atoms with Gasteiger partial charge in [0.1, 0.15) is 6.42 Å². The lowest BCUT2D eigenvalue weighted by Gasteiger charge is -2.06. The van der Waals surface area contributed by atoms with Crippen molar-refractivity contribution in [2.45, 2.75) is 13.3 Å². The Labute approximate surface area is 121 Å². The van der Waals surface area contributed by atoms with Crippen molar-refractivity contribution in [3.8, 4) is 6.07 Å². The third-order valence-electron chi connectivity index (χ3n) is 2.35. The summed E-state index contributed by atoms with van der Waals surface area (Å²) in [4.78, 5) is 34.0. The molecule has 0 saturated carbocycles. The highest BCUT2D eigenvalue weighted by atomic mass is 16.5. The van der Waals surface area contributed by atoms with Gasteiger partial charge in [-0.05, 0) is 31.2 Å². The van der Waals surface area contributed by atoms with Crippen LogP contribution in [0.3, 0.4) is 0 Å². The van der Waals surface area contributed by atoms with E-state index < -0.39 is 11.9 Å². The lowest BCUT2D eigenvalue weighted by atomic mass is 10.2. The Morgan fingerprint density at radius 1 is 1.19 bits per heavy atom. The zero-order chi connectivity index (χ0) is 15.7. The molecule has 0 radical (unpaired) electrons. The number of anilines is 1. The van der Waals surface area contributed by atoms with Gasteiger partial charge in [0.25, 0.3) is 5.91 Å². The molecule has 1 aromatic carbocycles. The third-order valence-corrected chi connectivity index (χ3v) is 2.35. The van der Waals surface area contributed by atoms with Crippen LogP contribution in [0.1, 0.15) is 23.7 Å². The van der Waals surface area contributed by atoms with Gasteiger partial charge in [0.15, 0.2) is 6.61 Å². The number of ether oxygens (including phenoxy) is 1. The minimum Gasteiger partial charge on any atom is -0.452 e. The largest absolute Gasteiger partial charge is 0.452 e. The lowest BCUT2D eigenvalue weighted by molar-refractivity contribution is -0.124. The molecular formula is C14H15N3O4. The van der Waals surface area contributed by atoms with E-state index in [0.717, 1.165) is 0 Å². The van der Waals surface area contributed by atoms with Gasteiger partial charge in [-0.2, -0.15) is 5.26 Å². The van der Waals surface area contributed by atoms with Crippen LogP contribution in [-0.2, 0) is 14.3 Å². The van der Waals surface area contributed by atoms with E-state index >= 15 is 0 Å². The van der Waals surface area contributed by atoms with Gasteiger partial charge in [0.05, 0.1) is 11.6 Å².